The minimum atomic E-state index is -4.87. The van der Waals surface area contributed by atoms with Gasteiger partial charge in [-0.05, 0) is 13.0 Å². The number of carbonyl (C=O) groups is 1. The molecule has 1 heterocycles. The van der Waals surface area contributed by atoms with E-state index in [9.17, 15) is 31.1 Å². The molecule has 1 saturated heterocycles. The van der Waals surface area contributed by atoms with Crippen LogP contribution in [0.25, 0.3) is 0 Å². The Bertz CT molecular complexity index is 291. The molecule has 0 aliphatic carbocycles. The molecule has 3 nitrogen and oxygen atoms in total. The molecule has 2 N–H and O–H groups in total. The molecule has 0 bridgehead atoms. The number of rotatable bonds is 2. The van der Waals surface area contributed by atoms with Crippen molar-refractivity contribution in [3.63, 3.8) is 0 Å². The van der Waals surface area contributed by atoms with E-state index in [1.54, 1.807) is 0 Å². The van der Waals surface area contributed by atoms with Crippen molar-refractivity contribution >= 4 is 5.91 Å². The zero-order valence-electron chi connectivity index (χ0n) is 8.50. The van der Waals surface area contributed by atoms with E-state index in [2.05, 4.69) is 5.32 Å². The van der Waals surface area contributed by atoms with Gasteiger partial charge >= 0.3 is 12.4 Å². The Balaban J connectivity index is 2.76. The fourth-order valence-electron chi connectivity index (χ4n) is 1.61. The molecular weight excluding hydrogens is 254 g/mol. The lowest BCUT2D eigenvalue weighted by Crippen LogP contribution is -2.53. The molecule has 1 fully saturated rings. The van der Waals surface area contributed by atoms with Crippen LogP contribution in [0.2, 0.25) is 0 Å². The van der Waals surface area contributed by atoms with Crippen LogP contribution in [0, 0.1) is 5.41 Å². The Morgan fingerprint density at radius 2 is 1.82 bits per heavy atom. The van der Waals surface area contributed by atoms with Crippen LogP contribution in [-0.4, -0.2) is 37.9 Å². The zero-order valence-corrected chi connectivity index (χ0v) is 8.50. The quantitative estimate of drug-likeness (QED) is 0.736. The number of carbonyl (C=O) groups excluding carboxylic acids is 1. The summed E-state index contributed by atoms with van der Waals surface area (Å²) in [5.74, 6) is -1.63. The molecule has 0 aromatic rings. The van der Waals surface area contributed by atoms with Crippen LogP contribution in [0.4, 0.5) is 26.3 Å². The van der Waals surface area contributed by atoms with Crippen LogP contribution in [0.5, 0.6) is 0 Å². The minimum Gasteiger partial charge on any atom is -0.346 e. The van der Waals surface area contributed by atoms with Crippen molar-refractivity contribution in [3.8, 4) is 0 Å². The summed E-state index contributed by atoms with van der Waals surface area (Å²) in [7, 11) is 0. The average molecular weight is 264 g/mol. The number of hydrogen-bond donors (Lipinski definition) is 2. The van der Waals surface area contributed by atoms with Gasteiger partial charge in [0, 0.05) is 6.54 Å². The molecule has 9 heteroatoms. The first-order valence-electron chi connectivity index (χ1n) is 4.71. The molecular formula is C8H10F6N2O. The van der Waals surface area contributed by atoms with Gasteiger partial charge in [-0.15, -0.1) is 0 Å². The third-order valence-electron chi connectivity index (χ3n) is 2.58. The first-order valence-corrected chi connectivity index (χ1v) is 4.71. The fourth-order valence-corrected chi connectivity index (χ4v) is 1.61. The van der Waals surface area contributed by atoms with E-state index in [0.29, 0.717) is 0 Å². The van der Waals surface area contributed by atoms with Crippen molar-refractivity contribution in [1.82, 2.24) is 10.6 Å². The smallest absolute Gasteiger partial charge is 0.346 e. The van der Waals surface area contributed by atoms with Gasteiger partial charge in [0.15, 0.2) is 5.41 Å². The lowest BCUT2D eigenvalue weighted by atomic mass is 9.85. The first kappa shape index (κ1) is 14.1. The minimum absolute atomic E-state index is 0.0566. The Labute approximate surface area is 92.5 Å². The summed E-state index contributed by atoms with van der Waals surface area (Å²) >= 11 is 0. The van der Waals surface area contributed by atoms with Crippen LogP contribution in [0.3, 0.4) is 0 Å². The molecule has 0 aromatic heterocycles. The molecule has 1 aliphatic rings. The second-order valence-corrected chi connectivity index (χ2v) is 3.80. The Morgan fingerprint density at radius 3 is 2.18 bits per heavy atom. The highest BCUT2D eigenvalue weighted by molar-refractivity contribution is 5.84. The second kappa shape index (κ2) is 4.35. The van der Waals surface area contributed by atoms with Gasteiger partial charge in [-0.3, -0.25) is 4.79 Å². The SMILES string of the molecule is O=C(NCC(F)(F)F)C1(C(F)(F)F)CCNC1. The molecule has 0 saturated carbocycles. The summed E-state index contributed by atoms with van der Waals surface area (Å²) in [4.78, 5) is 11.3. The average Bonchev–Trinajstić information content (AvgIpc) is 2.61. The summed E-state index contributed by atoms with van der Waals surface area (Å²) in [5, 5.41) is 3.62. The van der Waals surface area contributed by atoms with E-state index in [0.717, 1.165) is 0 Å². The van der Waals surface area contributed by atoms with Gasteiger partial charge in [-0.25, -0.2) is 0 Å². The van der Waals surface area contributed by atoms with Crippen LogP contribution >= 0.6 is 0 Å². The van der Waals surface area contributed by atoms with E-state index in [-0.39, 0.29) is 6.54 Å². The lowest BCUT2D eigenvalue weighted by Gasteiger charge is -2.29. The van der Waals surface area contributed by atoms with Gasteiger partial charge in [-0.2, -0.15) is 26.3 Å². The summed E-state index contributed by atoms with van der Waals surface area (Å²) in [5.41, 5.74) is -2.75. The molecule has 100 valence electrons. The largest absolute Gasteiger partial charge is 0.405 e. The number of amides is 1. The summed E-state index contributed by atoms with van der Waals surface area (Å²) in [6, 6.07) is 0. The van der Waals surface area contributed by atoms with Gasteiger partial charge < -0.3 is 10.6 Å². The van der Waals surface area contributed by atoms with E-state index < -0.39 is 43.2 Å². The molecule has 0 spiro atoms. The van der Waals surface area contributed by atoms with E-state index >= 15 is 0 Å². The summed E-state index contributed by atoms with van der Waals surface area (Å²) in [6.07, 6.45) is -10.2. The monoisotopic (exact) mass is 264 g/mol. The number of alkyl halides is 6. The van der Waals surface area contributed by atoms with Crippen molar-refractivity contribution in [2.75, 3.05) is 19.6 Å². The standard InChI is InChI=1S/C8H10F6N2O/c9-7(10,11)4-16-5(17)6(8(12,13)14)1-2-15-3-6/h15H,1-4H2,(H,16,17). The van der Waals surface area contributed by atoms with E-state index in [1.165, 1.54) is 5.32 Å². The summed E-state index contributed by atoms with van der Waals surface area (Å²) in [6.45, 7) is -2.51. The normalized spacial score (nSPS) is 26.0. The topological polar surface area (TPSA) is 41.1 Å². The van der Waals surface area contributed by atoms with Crippen molar-refractivity contribution in [2.24, 2.45) is 5.41 Å². The van der Waals surface area contributed by atoms with Crippen molar-refractivity contribution in [3.05, 3.63) is 0 Å². The molecule has 17 heavy (non-hydrogen) atoms. The number of hydrogen-bond acceptors (Lipinski definition) is 2. The highest BCUT2D eigenvalue weighted by Crippen LogP contribution is 2.43. The third kappa shape index (κ3) is 3.02. The van der Waals surface area contributed by atoms with Crippen LogP contribution in [-0.2, 0) is 4.79 Å². The summed E-state index contributed by atoms with van der Waals surface area (Å²) < 4.78 is 73.6. The van der Waals surface area contributed by atoms with E-state index in [4.69, 9.17) is 0 Å². The predicted octanol–water partition coefficient (Wildman–Crippen LogP) is 1.21. The maximum atomic E-state index is 12.7. The van der Waals surface area contributed by atoms with Gasteiger partial charge in [0.25, 0.3) is 0 Å². The highest BCUT2D eigenvalue weighted by Gasteiger charge is 2.61. The molecule has 1 aliphatic heterocycles. The molecule has 1 amide bonds. The number of nitrogens with one attached hydrogen (secondary N) is 2. The maximum absolute atomic E-state index is 12.7. The van der Waals surface area contributed by atoms with Gasteiger partial charge in [0.2, 0.25) is 5.91 Å². The Kier molecular flexibility index (Phi) is 3.60. The lowest BCUT2D eigenvalue weighted by molar-refractivity contribution is -0.217. The molecule has 1 rings (SSSR count). The highest BCUT2D eigenvalue weighted by atomic mass is 19.4. The third-order valence-corrected chi connectivity index (χ3v) is 2.58. The molecule has 0 aromatic carbocycles. The van der Waals surface area contributed by atoms with Gasteiger partial charge in [0.1, 0.15) is 6.54 Å². The Hall–Kier alpha value is -0.990. The van der Waals surface area contributed by atoms with Crippen LogP contribution < -0.4 is 10.6 Å². The second-order valence-electron chi connectivity index (χ2n) is 3.80. The molecule has 1 unspecified atom stereocenters. The van der Waals surface area contributed by atoms with E-state index in [1.807, 2.05) is 0 Å². The van der Waals surface area contributed by atoms with Crippen LogP contribution in [0.15, 0.2) is 0 Å². The van der Waals surface area contributed by atoms with Crippen molar-refractivity contribution < 1.29 is 31.1 Å². The predicted molar refractivity (Wildman–Crippen MR) is 45.0 cm³/mol. The first-order chi connectivity index (χ1) is 7.58. The Morgan fingerprint density at radius 1 is 1.24 bits per heavy atom. The fraction of sp³-hybridized carbons (Fsp3) is 0.875. The van der Waals surface area contributed by atoms with Crippen molar-refractivity contribution in [2.45, 2.75) is 18.8 Å². The van der Waals surface area contributed by atoms with Gasteiger partial charge in [0.05, 0.1) is 0 Å². The molecule has 0 radical (unpaired) electrons. The number of halogens is 6. The molecule has 1 atom stereocenters. The van der Waals surface area contributed by atoms with Gasteiger partial charge in [-0.1, -0.05) is 0 Å². The van der Waals surface area contributed by atoms with Crippen molar-refractivity contribution in [1.29, 1.82) is 0 Å². The maximum Gasteiger partial charge on any atom is 0.405 e. The zero-order chi connectivity index (χ0) is 13.3. The van der Waals surface area contributed by atoms with Crippen LogP contribution in [0.1, 0.15) is 6.42 Å².